The van der Waals surface area contributed by atoms with E-state index in [9.17, 15) is 0 Å². The molecule has 2 nitrogen and oxygen atoms in total. The van der Waals surface area contributed by atoms with Gasteiger partial charge >= 0.3 is 0 Å². The molecule has 0 radical (unpaired) electrons. The Morgan fingerprint density at radius 1 is 1.19 bits per heavy atom. The number of unbranched alkanes of at least 4 members (excludes halogenated alkanes) is 1. The largest absolute Gasteiger partial charge is 0.369 e. The topological polar surface area (TPSA) is 29.3 Å². The van der Waals surface area contributed by atoms with E-state index in [-0.39, 0.29) is 6.04 Å². The van der Waals surface area contributed by atoms with Crippen molar-refractivity contribution in [3.05, 3.63) is 28.2 Å². The van der Waals surface area contributed by atoms with E-state index in [0.717, 1.165) is 19.4 Å². The van der Waals surface area contributed by atoms with E-state index >= 15 is 0 Å². The zero-order valence-electron chi connectivity index (χ0n) is 14.0. The van der Waals surface area contributed by atoms with Crippen molar-refractivity contribution in [1.82, 2.24) is 0 Å². The molecule has 0 heterocycles. The van der Waals surface area contributed by atoms with Crippen LogP contribution < -0.4 is 10.6 Å². The van der Waals surface area contributed by atoms with E-state index in [1.54, 1.807) is 0 Å². The third-order valence-electron chi connectivity index (χ3n) is 4.25. The Labute approximate surface area is 139 Å². The van der Waals surface area contributed by atoms with Gasteiger partial charge in [0.15, 0.2) is 0 Å². The molecule has 21 heavy (non-hydrogen) atoms. The van der Waals surface area contributed by atoms with Gasteiger partial charge in [-0.15, -0.1) is 0 Å². The fraction of sp³-hybridized carbons (Fsp3) is 0.667. The Hall–Kier alpha value is -0.540. The van der Waals surface area contributed by atoms with E-state index in [1.165, 1.54) is 35.0 Å². The molecule has 0 saturated carbocycles. The SMILES string of the molecule is CCCCN(c1ccc(CC(N)CC)c(Br)c1)C(C)CC. The third kappa shape index (κ3) is 5.63. The summed E-state index contributed by atoms with van der Waals surface area (Å²) in [5.74, 6) is 0. The van der Waals surface area contributed by atoms with Gasteiger partial charge in [-0.1, -0.05) is 49.2 Å². The Kier molecular flexibility index (Phi) is 8.35. The number of nitrogens with zero attached hydrogens (tertiary/aromatic N) is 1. The molecule has 2 atom stereocenters. The average Bonchev–Trinajstić information content (AvgIpc) is 2.49. The maximum atomic E-state index is 6.08. The smallest absolute Gasteiger partial charge is 0.0380 e. The fourth-order valence-electron chi connectivity index (χ4n) is 2.46. The normalized spacial score (nSPS) is 14.0. The van der Waals surface area contributed by atoms with Gasteiger partial charge in [0, 0.05) is 28.8 Å². The summed E-state index contributed by atoms with van der Waals surface area (Å²) in [7, 11) is 0. The highest BCUT2D eigenvalue weighted by molar-refractivity contribution is 9.10. The number of benzene rings is 1. The first kappa shape index (κ1) is 18.5. The molecule has 0 saturated heterocycles. The van der Waals surface area contributed by atoms with Crippen molar-refractivity contribution >= 4 is 21.6 Å². The molecule has 0 aliphatic carbocycles. The zero-order chi connectivity index (χ0) is 15.8. The molecule has 120 valence electrons. The Bertz CT molecular complexity index is 420. The van der Waals surface area contributed by atoms with E-state index in [2.05, 4.69) is 66.7 Å². The van der Waals surface area contributed by atoms with Crippen molar-refractivity contribution in [2.24, 2.45) is 5.73 Å². The van der Waals surface area contributed by atoms with E-state index in [1.807, 2.05) is 0 Å². The highest BCUT2D eigenvalue weighted by atomic mass is 79.9. The van der Waals surface area contributed by atoms with Crippen molar-refractivity contribution < 1.29 is 0 Å². The molecule has 0 amide bonds. The van der Waals surface area contributed by atoms with E-state index in [4.69, 9.17) is 5.73 Å². The summed E-state index contributed by atoms with van der Waals surface area (Å²) in [6.45, 7) is 10.1. The van der Waals surface area contributed by atoms with E-state index in [0.29, 0.717) is 6.04 Å². The summed E-state index contributed by atoms with van der Waals surface area (Å²) in [4.78, 5) is 2.53. The molecular weight excluding hydrogens is 324 g/mol. The van der Waals surface area contributed by atoms with Crippen LogP contribution in [0, 0.1) is 0 Å². The highest BCUT2D eigenvalue weighted by Gasteiger charge is 2.14. The summed E-state index contributed by atoms with van der Waals surface area (Å²) in [5, 5.41) is 0. The van der Waals surface area contributed by atoms with Crippen LogP contribution in [0.25, 0.3) is 0 Å². The maximum absolute atomic E-state index is 6.08. The van der Waals surface area contributed by atoms with Crippen molar-refractivity contribution in [3.63, 3.8) is 0 Å². The van der Waals surface area contributed by atoms with Gasteiger partial charge in [-0.2, -0.15) is 0 Å². The standard InChI is InChI=1S/C18H31BrN2/c1-5-8-11-21(14(4)6-2)17-10-9-15(18(19)13-17)12-16(20)7-3/h9-10,13-14,16H,5-8,11-12,20H2,1-4H3. The van der Waals surface area contributed by atoms with Crippen molar-refractivity contribution in [1.29, 1.82) is 0 Å². The number of anilines is 1. The lowest BCUT2D eigenvalue weighted by molar-refractivity contribution is 0.595. The quantitative estimate of drug-likeness (QED) is 0.665. The van der Waals surface area contributed by atoms with Crippen LogP contribution in [0.1, 0.15) is 58.9 Å². The second kappa shape index (κ2) is 9.47. The minimum atomic E-state index is 0.248. The third-order valence-corrected chi connectivity index (χ3v) is 4.99. The minimum Gasteiger partial charge on any atom is -0.369 e. The monoisotopic (exact) mass is 354 g/mol. The highest BCUT2D eigenvalue weighted by Crippen LogP contribution is 2.27. The molecule has 1 rings (SSSR count). The van der Waals surface area contributed by atoms with Crippen LogP contribution >= 0.6 is 15.9 Å². The summed E-state index contributed by atoms with van der Waals surface area (Å²) < 4.78 is 1.19. The predicted molar refractivity (Wildman–Crippen MR) is 98.1 cm³/mol. The Morgan fingerprint density at radius 2 is 1.90 bits per heavy atom. The molecule has 2 unspecified atom stereocenters. The van der Waals surface area contributed by atoms with Crippen LogP contribution in [0.15, 0.2) is 22.7 Å². The molecule has 2 N–H and O–H groups in total. The van der Waals surface area contributed by atoms with Gasteiger partial charge in [0.05, 0.1) is 0 Å². The lowest BCUT2D eigenvalue weighted by Crippen LogP contribution is -2.33. The number of hydrogen-bond acceptors (Lipinski definition) is 2. The van der Waals surface area contributed by atoms with Crippen molar-refractivity contribution in [2.45, 2.75) is 71.9 Å². The summed E-state index contributed by atoms with van der Waals surface area (Å²) in [6, 6.07) is 7.57. The van der Waals surface area contributed by atoms with Crippen LogP contribution in [0.2, 0.25) is 0 Å². The lowest BCUT2D eigenvalue weighted by atomic mass is 10.0. The molecule has 0 aromatic heterocycles. The maximum Gasteiger partial charge on any atom is 0.0380 e. The van der Waals surface area contributed by atoms with Gasteiger partial charge in [-0.3, -0.25) is 0 Å². The summed E-state index contributed by atoms with van der Waals surface area (Å²) >= 11 is 3.73. The Morgan fingerprint density at radius 3 is 2.43 bits per heavy atom. The average molecular weight is 355 g/mol. The minimum absolute atomic E-state index is 0.248. The van der Waals surface area contributed by atoms with Gasteiger partial charge in [0.25, 0.3) is 0 Å². The Balaban J connectivity index is 2.92. The lowest BCUT2D eigenvalue weighted by Gasteiger charge is -2.31. The van der Waals surface area contributed by atoms with Crippen LogP contribution in [0.4, 0.5) is 5.69 Å². The van der Waals surface area contributed by atoms with Crippen LogP contribution in [-0.4, -0.2) is 18.6 Å². The molecule has 0 fully saturated rings. The molecule has 3 heteroatoms. The van der Waals surface area contributed by atoms with E-state index < -0.39 is 0 Å². The van der Waals surface area contributed by atoms with Crippen LogP contribution in [0.3, 0.4) is 0 Å². The predicted octanol–water partition coefficient (Wildman–Crippen LogP) is 5.13. The molecule has 0 aliphatic rings. The molecule has 0 bridgehead atoms. The van der Waals surface area contributed by atoms with Crippen molar-refractivity contribution in [3.8, 4) is 0 Å². The van der Waals surface area contributed by atoms with Crippen LogP contribution in [0.5, 0.6) is 0 Å². The molecular formula is C18H31BrN2. The first-order valence-electron chi connectivity index (χ1n) is 8.34. The van der Waals surface area contributed by atoms with Crippen molar-refractivity contribution in [2.75, 3.05) is 11.4 Å². The number of rotatable bonds is 9. The molecule has 1 aromatic carbocycles. The zero-order valence-corrected chi connectivity index (χ0v) is 15.6. The molecule has 0 spiro atoms. The summed E-state index contributed by atoms with van der Waals surface area (Å²) in [5.41, 5.74) is 8.71. The van der Waals surface area contributed by atoms with Gasteiger partial charge in [0.1, 0.15) is 0 Å². The fourth-order valence-corrected chi connectivity index (χ4v) is 2.99. The van der Waals surface area contributed by atoms with Gasteiger partial charge in [-0.25, -0.2) is 0 Å². The number of hydrogen-bond donors (Lipinski definition) is 1. The first-order chi connectivity index (χ1) is 10.0. The molecule has 0 aliphatic heterocycles. The van der Waals surface area contributed by atoms with Gasteiger partial charge in [-0.05, 0) is 50.3 Å². The molecule has 1 aromatic rings. The first-order valence-corrected chi connectivity index (χ1v) is 9.13. The van der Waals surface area contributed by atoms with Crippen LogP contribution in [-0.2, 0) is 6.42 Å². The second-order valence-corrected chi connectivity index (χ2v) is 6.81. The number of nitrogens with two attached hydrogens (primary N) is 1. The summed E-state index contributed by atoms with van der Waals surface area (Å²) in [6.07, 6.45) is 5.60. The van der Waals surface area contributed by atoms with Gasteiger partial charge < -0.3 is 10.6 Å². The number of halogens is 1. The van der Waals surface area contributed by atoms with Gasteiger partial charge in [0.2, 0.25) is 0 Å². The second-order valence-electron chi connectivity index (χ2n) is 5.95.